The molecule has 2 aromatic rings. The van der Waals surface area contributed by atoms with Gasteiger partial charge >= 0.3 is 5.97 Å². The molecule has 3 rings (SSSR count). The Labute approximate surface area is 185 Å². The number of carbonyl (C=O) groups is 1. The lowest BCUT2D eigenvalue weighted by atomic mass is 10.00. The number of nitrogens with zero attached hydrogens (tertiary/aromatic N) is 1. The summed E-state index contributed by atoms with van der Waals surface area (Å²) >= 11 is 6.01. The smallest absolute Gasteiger partial charge is 0.340 e. The van der Waals surface area contributed by atoms with Crippen LogP contribution in [0.15, 0.2) is 30.5 Å². The first kappa shape index (κ1) is 23.1. The Hall–Kier alpha value is -1.60. The highest BCUT2D eigenvalue weighted by Gasteiger charge is 2.35. The molecular weight excluding hydrogens is 418 g/mol. The van der Waals surface area contributed by atoms with Crippen molar-refractivity contribution in [3.8, 4) is 0 Å². The number of carbonyl (C=O) groups excluding carboxylic acids is 1. The molecule has 1 aromatic carbocycles. The van der Waals surface area contributed by atoms with Gasteiger partial charge in [-0.25, -0.2) is 4.79 Å². The number of esters is 1. The van der Waals surface area contributed by atoms with Crippen LogP contribution < -0.4 is 0 Å². The molecule has 1 fully saturated rings. The van der Waals surface area contributed by atoms with Crippen molar-refractivity contribution in [2.45, 2.75) is 64.2 Å². The zero-order valence-electron chi connectivity index (χ0n) is 18.3. The van der Waals surface area contributed by atoms with Gasteiger partial charge in [0.1, 0.15) is 12.8 Å². The quantitative estimate of drug-likeness (QED) is 0.292. The predicted molar refractivity (Wildman–Crippen MR) is 122 cm³/mol. The molecule has 0 radical (unpaired) electrons. The summed E-state index contributed by atoms with van der Waals surface area (Å²) in [4.78, 5) is 12.9. The molecule has 1 N–H and O–H groups in total. The highest BCUT2D eigenvalue weighted by Crippen LogP contribution is 2.45. The molecule has 1 aliphatic rings. The maximum atomic E-state index is 12.9. The van der Waals surface area contributed by atoms with Crippen LogP contribution >= 0.6 is 11.6 Å². The number of aliphatic hydroxyl groups is 1. The maximum Gasteiger partial charge on any atom is 0.340 e. The molecule has 30 heavy (non-hydrogen) atoms. The van der Waals surface area contributed by atoms with Gasteiger partial charge in [0.25, 0.3) is 0 Å². The lowest BCUT2D eigenvalue weighted by Crippen LogP contribution is -2.22. The standard InChI is InChI=1S/C23H32ClNO4Si/c1-5-29-23(27)20-19(16-6-7-16)14-25(15-28-12-13-30(2,3)4)21(20)22(26)17-8-10-18(24)11-9-17/h8-11,14,16,22,26H,5-7,12-13,15H2,1-4H3. The van der Waals surface area contributed by atoms with E-state index in [-0.39, 0.29) is 12.6 Å². The van der Waals surface area contributed by atoms with Gasteiger partial charge in [0.15, 0.2) is 0 Å². The van der Waals surface area contributed by atoms with Crippen LogP contribution in [0.5, 0.6) is 0 Å². The van der Waals surface area contributed by atoms with Crippen molar-refractivity contribution in [2.75, 3.05) is 13.2 Å². The van der Waals surface area contributed by atoms with Crippen LogP contribution in [-0.4, -0.2) is 36.9 Å². The highest BCUT2D eigenvalue weighted by molar-refractivity contribution is 6.76. The van der Waals surface area contributed by atoms with Crippen LogP contribution in [0.25, 0.3) is 0 Å². The van der Waals surface area contributed by atoms with Gasteiger partial charge in [0.2, 0.25) is 0 Å². The molecule has 0 bridgehead atoms. The van der Waals surface area contributed by atoms with Crippen LogP contribution in [0.1, 0.15) is 59.0 Å². The van der Waals surface area contributed by atoms with Gasteiger partial charge in [-0.05, 0) is 55.0 Å². The van der Waals surface area contributed by atoms with Gasteiger partial charge in [0.05, 0.1) is 17.9 Å². The van der Waals surface area contributed by atoms with Crippen molar-refractivity contribution in [1.82, 2.24) is 4.57 Å². The minimum absolute atomic E-state index is 0.289. The molecule has 5 nitrogen and oxygen atoms in total. The van der Waals surface area contributed by atoms with E-state index in [1.165, 1.54) is 0 Å². The molecule has 0 amide bonds. The van der Waals surface area contributed by atoms with E-state index >= 15 is 0 Å². The Kier molecular flexibility index (Phi) is 7.45. The average Bonchev–Trinajstić information content (AvgIpc) is 3.45. The molecule has 0 saturated heterocycles. The van der Waals surface area contributed by atoms with Gasteiger partial charge < -0.3 is 19.1 Å². The summed E-state index contributed by atoms with van der Waals surface area (Å²) in [6, 6.07) is 8.10. The van der Waals surface area contributed by atoms with Gasteiger partial charge in [-0.1, -0.05) is 43.4 Å². The number of benzene rings is 1. The van der Waals surface area contributed by atoms with Crippen molar-refractivity contribution in [2.24, 2.45) is 0 Å². The highest BCUT2D eigenvalue weighted by atomic mass is 35.5. The number of aliphatic hydroxyl groups excluding tert-OH is 1. The summed E-state index contributed by atoms with van der Waals surface area (Å²) in [7, 11) is -1.20. The molecular formula is C23H32ClNO4Si. The molecule has 164 valence electrons. The number of halogens is 1. The summed E-state index contributed by atoms with van der Waals surface area (Å²) in [6.07, 6.45) is 3.08. The summed E-state index contributed by atoms with van der Waals surface area (Å²) in [5.74, 6) is -0.0490. The number of aromatic nitrogens is 1. The van der Waals surface area contributed by atoms with Crippen molar-refractivity contribution in [1.29, 1.82) is 0 Å². The summed E-state index contributed by atoms with van der Waals surface area (Å²) < 4.78 is 13.2. The Balaban J connectivity index is 1.96. The van der Waals surface area contributed by atoms with Crippen molar-refractivity contribution in [3.63, 3.8) is 0 Å². The predicted octanol–water partition coefficient (Wildman–Crippen LogP) is 5.59. The van der Waals surface area contributed by atoms with Gasteiger partial charge in [0, 0.05) is 25.9 Å². The first-order chi connectivity index (χ1) is 14.2. The number of rotatable bonds is 10. The first-order valence-electron chi connectivity index (χ1n) is 10.6. The fourth-order valence-corrected chi connectivity index (χ4v) is 4.35. The summed E-state index contributed by atoms with van der Waals surface area (Å²) in [6.45, 7) is 9.97. The van der Waals surface area contributed by atoms with Crippen LogP contribution in [-0.2, 0) is 16.2 Å². The monoisotopic (exact) mass is 449 g/mol. The van der Waals surface area contributed by atoms with E-state index in [4.69, 9.17) is 21.1 Å². The van der Waals surface area contributed by atoms with E-state index in [2.05, 4.69) is 19.6 Å². The van der Waals surface area contributed by atoms with Crippen LogP contribution in [0, 0.1) is 0 Å². The third kappa shape index (κ3) is 5.75. The summed E-state index contributed by atoms with van der Waals surface area (Å²) in [5, 5.41) is 11.8. The van der Waals surface area contributed by atoms with E-state index in [9.17, 15) is 9.90 Å². The Bertz CT molecular complexity index is 869. The van der Waals surface area contributed by atoms with E-state index in [0.29, 0.717) is 41.1 Å². The van der Waals surface area contributed by atoms with Crippen molar-refractivity contribution < 1.29 is 19.4 Å². The largest absolute Gasteiger partial charge is 0.462 e. The summed E-state index contributed by atoms with van der Waals surface area (Å²) in [5.41, 5.74) is 2.64. The molecule has 0 spiro atoms. The average molecular weight is 450 g/mol. The number of hydrogen-bond acceptors (Lipinski definition) is 4. The van der Waals surface area contributed by atoms with Crippen molar-refractivity contribution >= 4 is 25.6 Å². The Morgan fingerprint density at radius 2 is 1.93 bits per heavy atom. The number of hydrogen-bond donors (Lipinski definition) is 1. The van der Waals surface area contributed by atoms with E-state index in [0.717, 1.165) is 24.4 Å². The molecule has 0 aliphatic heterocycles. The van der Waals surface area contributed by atoms with Crippen molar-refractivity contribution in [3.05, 3.63) is 57.9 Å². The minimum Gasteiger partial charge on any atom is -0.462 e. The Morgan fingerprint density at radius 1 is 1.27 bits per heavy atom. The molecule has 1 atom stereocenters. The second kappa shape index (κ2) is 9.69. The third-order valence-corrected chi connectivity index (χ3v) is 7.27. The van der Waals surface area contributed by atoms with Gasteiger partial charge in [-0.2, -0.15) is 0 Å². The zero-order valence-corrected chi connectivity index (χ0v) is 20.0. The molecule has 7 heteroatoms. The molecule has 1 aliphatic carbocycles. The van der Waals surface area contributed by atoms with Gasteiger partial charge in [-0.3, -0.25) is 0 Å². The third-order valence-electron chi connectivity index (χ3n) is 5.32. The van der Waals surface area contributed by atoms with Crippen LogP contribution in [0.3, 0.4) is 0 Å². The van der Waals surface area contributed by atoms with E-state index in [1.54, 1.807) is 31.2 Å². The second-order valence-corrected chi connectivity index (χ2v) is 15.2. The van der Waals surface area contributed by atoms with Gasteiger partial charge in [-0.15, -0.1) is 0 Å². The molecule has 1 aromatic heterocycles. The first-order valence-corrected chi connectivity index (χ1v) is 14.7. The normalized spacial score (nSPS) is 15.3. The zero-order chi connectivity index (χ0) is 21.9. The second-order valence-electron chi connectivity index (χ2n) is 9.11. The fourth-order valence-electron chi connectivity index (χ4n) is 3.47. The minimum atomic E-state index is -1.20. The van der Waals surface area contributed by atoms with E-state index < -0.39 is 14.2 Å². The number of ether oxygens (including phenoxy) is 2. The molecule has 1 heterocycles. The lowest BCUT2D eigenvalue weighted by Gasteiger charge is -2.19. The fraction of sp³-hybridized carbons (Fsp3) is 0.522. The topological polar surface area (TPSA) is 60.7 Å². The maximum absolute atomic E-state index is 12.9. The molecule has 1 saturated carbocycles. The van der Waals surface area contributed by atoms with Crippen LogP contribution in [0.4, 0.5) is 0 Å². The SMILES string of the molecule is CCOC(=O)c1c(C2CC2)cn(COCC[Si](C)(C)C)c1C(O)c1ccc(Cl)cc1. The molecule has 1 unspecified atom stereocenters. The van der Waals surface area contributed by atoms with Crippen LogP contribution in [0.2, 0.25) is 30.7 Å². The lowest BCUT2D eigenvalue weighted by molar-refractivity contribution is 0.0514. The van der Waals surface area contributed by atoms with E-state index in [1.807, 2.05) is 10.8 Å². The Morgan fingerprint density at radius 3 is 2.50 bits per heavy atom.